The quantitative estimate of drug-likeness (QED) is 0.677. The lowest BCUT2D eigenvalue weighted by Gasteiger charge is -2.40. The van der Waals surface area contributed by atoms with E-state index in [4.69, 9.17) is 4.74 Å². The average Bonchev–Trinajstić information content (AvgIpc) is 2.65. The number of nitrogens with zero attached hydrogens (tertiary/aromatic N) is 1. The van der Waals surface area contributed by atoms with Crippen LogP contribution in [-0.2, 0) is 14.3 Å². The van der Waals surface area contributed by atoms with Gasteiger partial charge in [-0.3, -0.25) is 9.59 Å². The highest BCUT2D eigenvalue weighted by Gasteiger charge is 2.38. The zero-order chi connectivity index (χ0) is 13.7. The van der Waals surface area contributed by atoms with Gasteiger partial charge in [-0.1, -0.05) is 0 Å². The van der Waals surface area contributed by atoms with Crippen molar-refractivity contribution in [2.24, 2.45) is 0 Å². The molecule has 0 atom stereocenters. The molecular formula is C13H23N3O3. The van der Waals surface area contributed by atoms with Crippen molar-refractivity contribution in [1.29, 1.82) is 0 Å². The lowest BCUT2D eigenvalue weighted by atomic mass is 9.80. The largest absolute Gasteiger partial charge is 0.376 e. The second kappa shape index (κ2) is 6.34. The predicted octanol–water partition coefficient (Wildman–Crippen LogP) is -0.506. The van der Waals surface area contributed by atoms with Crippen LogP contribution in [0.25, 0.3) is 0 Å². The standard InChI is InChI=1S/C13H23N3O3/c1-19-13(4-2-5-13)10-15-11(17)12(18)16-8-3-6-14-7-9-16/h14H,2-10H2,1H3,(H,15,17). The van der Waals surface area contributed by atoms with E-state index in [0.717, 1.165) is 38.8 Å². The van der Waals surface area contributed by atoms with Gasteiger partial charge in [-0.05, 0) is 32.2 Å². The Morgan fingerprint density at radius 2 is 2.05 bits per heavy atom. The van der Waals surface area contributed by atoms with Crippen molar-refractivity contribution in [3.8, 4) is 0 Å². The molecule has 0 radical (unpaired) electrons. The second-order valence-electron chi connectivity index (χ2n) is 5.32. The summed E-state index contributed by atoms with van der Waals surface area (Å²) in [5.74, 6) is -0.931. The van der Waals surface area contributed by atoms with Crippen LogP contribution in [0.4, 0.5) is 0 Å². The second-order valence-corrected chi connectivity index (χ2v) is 5.32. The molecule has 0 aromatic carbocycles. The summed E-state index contributed by atoms with van der Waals surface area (Å²) in [5.41, 5.74) is -0.240. The highest BCUT2D eigenvalue weighted by molar-refractivity contribution is 6.35. The van der Waals surface area contributed by atoms with Gasteiger partial charge >= 0.3 is 11.8 Å². The number of ether oxygens (including phenoxy) is 1. The van der Waals surface area contributed by atoms with Crippen LogP contribution < -0.4 is 10.6 Å². The van der Waals surface area contributed by atoms with Gasteiger partial charge in [0.25, 0.3) is 0 Å². The van der Waals surface area contributed by atoms with Crippen molar-refractivity contribution in [3.05, 3.63) is 0 Å². The van der Waals surface area contributed by atoms with Crippen LogP contribution >= 0.6 is 0 Å². The van der Waals surface area contributed by atoms with E-state index in [9.17, 15) is 9.59 Å². The molecule has 0 bridgehead atoms. The Balaban J connectivity index is 1.80. The van der Waals surface area contributed by atoms with Crippen LogP contribution in [0.2, 0.25) is 0 Å². The molecule has 1 aliphatic heterocycles. The molecule has 0 aromatic rings. The molecule has 0 unspecified atom stereocenters. The summed E-state index contributed by atoms with van der Waals surface area (Å²) in [6, 6.07) is 0. The van der Waals surface area contributed by atoms with Gasteiger partial charge in [0.15, 0.2) is 0 Å². The van der Waals surface area contributed by atoms with Gasteiger partial charge in [-0.2, -0.15) is 0 Å². The summed E-state index contributed by atoms with van der Waals surface area (Å²) in [6.07, 6.45) is 3.91. The number of methoxy groups -OCH3 is 1. The van der Waals surface area contributed by atoms with Crippen molar-refractivity contribution in [1.82, 2.24) is 15.5 Å². The van der Waals surface area contributed by atoms with Crippen LogP contribution in [0.3, 0.4) is 0 Å². The molecule has 2 aliphatic rings. The Bertz CT molecular complexity index is 329. The summed E-state index contributed by atoms with van der Waals surface area (Å²) in [6.45, 7) is 3.33. The van der Waals surface area contributed by atoms with Crippen molar-refractivity contribution < 1.29 is 14.3 Å². The fraction of sp³-hybridized carbons (Fsp3) is 0.846. The molecule has 1 aliphatic carbocycles. The number of nitrogens with one attached hydrogen (secondary N) is 2. The Kier molecular flexibility index (Phi) is 4.76. The Morgan fingerprint density at radius 1 is 1.26 bits per heavy atom. The van der Waals surface area contributed by atoms with Gasteiger partial charge in [0.05, 0.1) is 5.60 Å². The first-order valence-electron chi connectivity index (χ1n) is 7.00. The number of hydrogen-bond donors (Lipinski definition) is 2. The molecule has 1 saturated heterocycles. The van der Waals surface area contributed by atoms with E-state index in [1.54, 1.807) is 12.0 Å². The highest BCUT2D eigenvalue weighted by atomic mass is 16.5. The van der Waals surface area contributed by atoms with Crippen LogP contribution in [0.5, 0.6) is 0 Å². The summed E-state index contributed by atoms with van der Waals surface area (Å²) in [5, 5.41) is 5.93. The first kappa shape index (κ1) is 14.3. The Labute approximate surface area is 113 Å². The number of carbonyl (C=O) groups excluding carboxylic acids is 2. The zero-order valence-electron chi connectivity index (χ0n) is 11.5. The molecule has 6 nitrogen and oxygen atoms in total. The molecule has 19 heavy (non-hydrogen) atoms. The molecule has 2 fully saturated rings. The fourth-order valence-corrected chi connectivity index (χ4v) is 2.53. The normalized spacial score (nSPS) is 22.3. The van der Waals surface area contributed by atoms with Gasteiger partial charge in [0.1, 0.15) is 0 Å². The van der Waals surface area contributed by atoms with Gasteiger partial charge in [-0.25, -0.2) is 0 Å². The fourth-order valence-electron chi connectivity index (χ4n) is 2.53. The van der Waals surface area contributed by atoms with E-state index in [2.05, 4.69) is 10.6 Å². The molecule has 2 N–H and O–H groups in total. The Hall–Kier alpha value is -1.14. The van der Waals surface area contributed by atoms with Crippen molar-refractivity contribution in [2.75, 3.05) is 39.8 Å². The maximum Gasteiger partial charge on any atom is 0.311 e. The van der Waals surface area contributed by atoms with E-state index in [0.29, 0.717) is 19.6 Å². The predicted molar refractivity (Wildman–Crippen MR) is 70.7 cm³/mol. The third-order valence-electron chi connectivity index (χ3n) is 4.09. The lowest BCUT2D eigenvalue weighted by Crippen LogP contribution is -2.52. The number of rotatable bonds is 3. The topological polar surface area (TPSA) is 70.7 Å². The SMILES string of the molecule is COC1(CNC(=O)C(=O)N2CCCNCC2)CCC1. The smallest absolute Gasteiger partial charge is 0.311 e. The first-order valence-corrected chi connectivity index (χ1v) is 7.00. The van der Waals surface area contributed by atoms with Gasteiger partial charge in [0.2, 0.25) is 0 Å². The maximum atomic E-state index is 12.0. The van der Waals surface area contributed by atoms with Crippen molar-refractivity contribution >= 4 is 11.8 Å². The molecule has 0 spiro atoms. The average molecular weight is 269 g/mol. The van der Waals surface area contributed by atoms with Crippen molar-refractivity contribution in [3.63, 3.8) is 0 Å². The van der Waals surface area contributed by atoms with E-state index < -0.39 is 11.8 Å². The number of hydrogen-bond acceptors (Lipinski definition) is 4. The van der Waals surface area contributed by atoms with Crippen LogP contribution in [0.1, 0.15) is 25.7 Å². The van der Waals surface area contributed by atoms with Gasteiger partial charge in [-0.15, -0.1) is 0 Å². The van der Waals surface area contributed by atoms with E-state index in [-0.39, 0.29) is 5.60 Å². The molecular weight excluding hydrogens is 246 g/mol. The molecule has 1 saturated carbocycles. The zero-order valence-corrected chi connectivity index (χ0v) is 11.5. The summed E-state index contributed by atoms with van der Waals surface area (Å²) in [4.78, 5) is 25.5. The van der Waals surface area contributed by atoms with Crippen LogP contribution in [0.15, 0.2) is 0 Å². The molecule has 108 valence electrons. The summed E-state index contributed by atoms with van der Waals surface area (Å²) >= 11 is 0. The molecule has 6 heteroatoms. The lowest BCUT2D eigenvalue weighted by molar-refractivity contribution is -0.147. The molecule has 2 amide bonds. The van der Waals surface area contributed by atoms with E-state index in [1.165, 1.54) is 0 Å². The Morgan fingerprint density at radius 3 is 2.68 bits per heavy atom. The molecule has 1 heterocycles. The monoisotopic (exact) mass is 269 g/mol. The van der Waals surface area contributed by atoms with E-state index >= 15 is 0 Å². The molecule has 2 rings (SSSR count). The van der Waals surface area contributed by atoms with Crippen molar-refractivity contribution in [2.45, 2.75) is 31.3 Å². The molecule has 0 aromatic heterocycles. The summed E-state index contributed by atoms with van der Waals surface area (Å²) in [7, 11) is 1.66. The number of amides is 2. The van der Waals surface area contributed by atoms with Crippen LogP contribution in [-0.4, -0.2) is 62.1 Å². The maximum absolute atomic E-state index is 12.0. The minimum absolute atomic E-state index is 0.240. The van der Waals surface area contributed by atoms with Gasteiger partial charge in [0, 0.05) is 33.3 Å². The first-order chi connectivity index (χ1) is 9.17. The third-order valence-corrected chi connectivity index (χ3v) is 4.09. The van der Waals surface area contributed by atoms with E-state index in [1.807, 2.05) is 0 Å². The highest BCUT2D eigenvalue weighted by Crippen LogP contribution is 2.34. The third kappa shape index (κ3) is 3.45. The van der Waals surface area contributed by atoms with Gasteiger partial charge < -0.3 is 20.3 Å². The minimum Gasteiger partial charge on any atom is -0.376 e. The minimum atomic E-state index is -0.509. The summed E-state index contributed by atoms with van der Waals surface area (Å²) < 4.78 is 5.42. The van der Waals surface area contributed by atoms with Crippen LogP contribution in [0, 0.1) is 0 Å². The number of carbonyl (C=O) groups is 2.